The maximum Gasteiger partial charge on any atom is 0.410 e. The number of anilines is 1. The monoisotopic (exact) mass is 372 g/mol. The van der Waals surface area contributed by atoms with E-state index in [0.717, 1.165) is 16.9 Å². The molecule has 1 aliphatic rings. The van der Waals surface area contributed by atoms with E-state index in [-0.39, 0.29) is 12.1 Å². The lowest BCUT2D eigenvalue weighted by molar-refractivity contribution is 0.0158. The zero-order valence-electron chi connectivity index (χ0n) is 16.7. The fraction of sp³-hybridized carbons (Fsp3) is 0.550. The van der Waals surface area contributed by atoms with Crippen LogP contribution < -0.4 is 9.64 Å². The first kappa shape index (κ1) is 19.2. The molecule has 27 heavy (non-hydrogen) atoms. The lowest BCUT2D eigenvalue weighted by Crippen LogP contribution is -2.55. The predicted octanol–water partition coefficient (Wildman–Crippen LogP) is 3.47. The van der Waals surface area contributed by atoms with Gasteiger partial charge in [-0.15, -0.1) is 0 Å². The third kappa shape index (κ3) is 4.40. The van der Waals surface area contributed by atoms with Crippen LogP contribution in [0.2, 0.25) is 0 Å². The Morgan fingerprint density at radius 2 is 1.85 bits per heavy atom. The predicted molar refractivity (Wildman–Crippen MR) is 105 cm³/mol. The van der Waals surface area contributed by atoms with Gasteiger partial charge < -0.3 is 19.3 Å². The number of para-hydroxylation sites is 2. The summed E-state index contributed by atoms with van der Waals surface area (Å²) in [4.78, 5) is 25.8. The Hall–Kier alpha value is -2.57. The number of ether oxygens (including phenoxy) is 2. The molecule has 146 valence electrons. The van der Waals surface area contributed by atoms with Crippen molar-refractivity contribution in [3.8, 4) is 5.88 Å². The normalized spacial score (nSPS) is 17.9. The van der Waals surface area contributed by atoms with Gasteiger partial charge in [0.2, 0.25) is 0 Å². The highest BCUT2D eigenvalue weighted by Crippen LogP contribution is 2.29. The number of nitrogens with zero attached hydrogens (tertiary/aromatic N) is 4. The third-order valence-electron chi connectivity index (χ3n) is 4.36. The Balaban J connectivity index is 1.82. The van der Waals surface area contributed by atoms with Gasteiger partial charge in [0.05, 0.1) is 17.6 Å². The van der Waals surface area contributed by atoms with E-state index in [9.17, 15) is 4.79 Å². The number of amides is 1. The fourth-order valence-electron chi connectivity index (χ4n) is 3.16. The van der Waals surface area contributed by atoms with Crippen LogP contribution >= 0.6 is 0 Å². The molecule has 2 heterocycles. The number of benzene rings is 1. The molecule has 1 saturated heterocycles. The topological polar surface area (TPSA) is 67.8 Å². The van der Waals surface area contributed by atoms with E-state index in [1.807, 2.05) is 58.9 Å². The van der Waals surface area contributed by atoms with Crippen LogP contribution in [0.15, 0.2) is 24.3 Å². The molecular weight excluding hydrogens is 344 g/mol. The minimum absolute atomic E-state index is 0.00338. The molecule has 0 bridgehead atoms. The molecule has 7 heteroatoms. The SMILES string of the molecule is CCOc1nc2ccccc2nc1N1CCN(C(=O)OC(C)(C)C)[C@H](C)C1. The average molecular weight is 372 g/mol. The largest absolute Gasteiger partial charge is 0.475 e. The molecule has 1 aromatic heterocycles. The van der Waals surface area contributed by atoms with E-state index < -0.39 is 5.60 Å². The molecule has 0 saturated carbocycles. The molecule has 0 radical (unpaired) electrons. The molecule has 7 nitrogen and oxygen atoms in total. The maximum absolute atomic E-state index is 12.4. The summed E-state index contributed by atoms with van der Waals surface area (Å²) in [6.45, 7) is 12.0. The second-order valence-electron chi connectivity index (χ2n) is 7.74. The number of carbonyl (C=O) groups excluding carboxylic acids is 1. The number of aromatic nitrogens is 2. The van der Waals surface area contributed by atoms with E-state index in [1.54, 1.807) is 4.90 Å². The van der Waals surface area contributed by atoms with Gasteiger partial charge in [-0.3, -0.25) is 0 Å². The first-order valence-corrected chi connectivity index (χ1v) is 9.42. The van der Waals surface area contributed by atoms with Crippen LogP contribution in [-0.2, 0) is 4.74 Å². The molecule has 0 N–H and O–H groups in total. The van der Waals surface area contributed by atoms with Gasteiger partial charge in [-0.2, -0.15) is 0 Å². The average Bonchev–Trinajstić information content (AvgIpc) is 2.59. The number of rotatable bonds is 3. The van der Waals surface area contributed by atoms with Crippen LogP contribution in [0.5, 0.6) is 5.88 Å². The number of hydrogen-bond donors (Lipinski definition) is 0. The second kappa shape index (κ2) is 7.58. The Bertz CT molecular complexity index is 818. The highest BCUT2D eigenvalue weighted by molar-refractivity contribution is 5.77. The number of hydrogen-bond acceptors (Lipinski definition) is 6. The summed E-state index contributed by atoms with van der Waals surface area (Å²) in [5.41, 5.74) is 1.14. The summed E-state index contributed by atoms with van der Waals surface area (Å²) in [6, 6.07) is 7.76. The number of carbonyl (C=O) groups is 1. The molecule has 0 spiro atoms. The Morgan fingerprint density at radius 3 is 2.44 bits per heavy atom. The molecule has 3 rings (SSSR count). The van der Waals surface area contributed by atoms with Crippen LogP contribution in [0.3, 0.4) is 0 Å². The van der Waals surface area contributed by atoms with Crippen molar-refractivity contribution in [2.24, 2.45) is 0 Å². The van der Waals surface area contributed by atoms with Gasteiger partial charge in [-0.05, 0) is 46.8 Å². The molecule has 1 aliphatic heterocycles. The smallest absolute Gasteiger partial charge is 0.410 e. The summed E-state index contributed by atoms with van der Waals surface area (Å²) in [6.07, 6.45) is -0.274. The summed E-state index contributed by atoms with van der Waals surface area (Å²) < 4.78 is 11.3. The van der Waals surface area contributed by atoms with Crippen molar-refractivity contribution in [1.29, 1.82) is 0 Å². The van der Waals surface area contributed by atoms with Gasteiger partial charge >= 0.3 is 6.09 Å². The van der Waals surface area contributed by atoms with Crippen molar-refractivity contribution in [2.75, 3.05) is 31.1 Å². The zero-order chi connectivity index (χ0) is 19.6. The van der Waals surface area contributed by atoms with Crippen molar-refractivity contribution in [3.63, 3.8) is 0 Å². The van der Waals surface area contributed by atoms with Gasteiger partial charge in [0, 0.05) is 25.7 Å². The summed E-state index contributed by atoms with van der Waals surface area (Å²) in [7, 11) is 0. The van der Waals surface area contributed by atoms with Crippen LogP contribution in [0.4, 0.5) is 10.6 Å². The molecular formula is C20H28N4O3. The van der Waals surface area contributed by atoms with E-state index >= 15 is 0 Å². The molecule has 1 fully saturated rings. The quantitative estimate of drug-likeness (QED) is 0.822. The Labute approximate surface area is 160 Å². The molecule has 0 unspecified atom stereocenters. The van der Waals surface area contributed by atoms with Crippen molar-refractivity contribution in [2.45, 2.75) is 46.3 Å². The van der Waals surface area contributed by atoms with Gasteiger partial charge in [-0.25, -0.2) is 14.8 Å². The summed E-state index contributed by atoms with van der Waals surface area (Å²) in [5, 5.41) is 0. The third-order valence-corrected chi connectivity index (χ3v) is 4.36. The van der Waals surface area contributed by atoms with E-state index in [4.69, 9.17) is 14.5 Å². The molecule has 1 atom stereocenters. The highest BCUT2D eigenvalue weighted by atomic mass is 16.6. The van der Waals surface area contributed by atoms with Crippen LogP contribution in [0.1, 0.15) is 34.6 Å². The Kier molecular flexibility index (Phi) is 5.39. The fourth-order valence-corrected chi connectivity index (χ4v) is 3.16. The van der Waals surface area contributed by atoms with Crippen LogP contribution in [0.25, 0.3) is 11.0 Å². The lowest BCUT2D eigenvalue weighted by atomic mass is 10.2. The summed E-state index contributed by atoms with van der Waals surface area (Å²) >= 11 is 0. The zero-order valence-corrected chi connectivity index (χ0v) is 16.7. The second-order valence-corrected chi connectivity index (χ2v) is 7.74. The highest BCUT2D eigenvalue weighted by Gasteiger charge is 2.32. The minimum atomic E-state index is -0.500. The van der Waals surface area contributed by atoms with E-state index in [2.05, 4.69) is 9.88 Å². The van der Waals surface area contributed by atoms with Gasteiger partial charge in [-0.1, -0.05) is 12.1 Å². The van der Waals surface area contributed by atoms with E-state index in [0.29, 0.717) is 32.1 Å². The van der Waals surface area contributed by atoms with Gasteiger partial charge in [0.15, 0.2) is 5.82 Å². The minimum Gasteiger partial charge on any atom is -0.475 e. The molecule has 0 aliphatic carbocycles. The number of fused-ring (bicyclic) bond motifs is 1. The van der Waals surface area contributed by atoms with Crippen molar-refractivity contribution >= 4 is 22.9 Å². The van der Waals surface area contributed by atoms with Gasteiger partial charge in [0.1, 0.15) is 5.60 Å². The standard InChI is InChI=1S/C20H28N4O3/c1-6-26-18-17(21-15-9-7-8-10-16(15)22-18)23-11-12-24(14(2)13-23)19(25)27-20(3,4)5/h7-10,14H,6,11-13H2,1-5H3/t14-/m1/s1. The summed E-state index contributed by atoms with van der Waals surface area (Å²) in [5.74, 6) is 1.26. The Morgan fingerprint density at radius 1 is 1.19 bits per heavy atom. The van der Waals surface area contributed by atoms with Crippen molar-refractivity contribution in [3.05, 3.63) is 24.3 Å². The molecule has 1 amide bonds. The van der Waals surface area contributed by atoms with Crippen molar-refractivity contribution < 1.29 is 14.3 Å². The van der Waals surface area contributed by atoms with Crippen LogP contribution in [0, 0.1) is 0 Å². The number of piperazine rings is 1. The van der Waals surface area contributed by atoms with Crippen molar-refractivity contribution in [1.82, 2.24) is 14.9 Å². The van der Waals surface area contributed by atoms with Crippen LogP contribution in [-0.4, -0.2) is 58.8 Å². The van der Waals surface area contributed by atoms with E-state index in [1.165, 1.54) is 0 Å². The molecule has 1 aromatic carbocycles. The first-order chi connectivity index (χ1) is 12.8. The molecule has 2 aromatic rings. The lowest BCUT2D eigenvalue weighted by Gasteiger charge is -2.40. The maximum atomic E-state index is 12.4. The first-order valence-electron chi connectivity index (χ1n) is 9.42. The van der Waals surface area contributed by atoms with Gasteiger partial charge in [0.25, 0.3) is 5.88 Å².